The number of carbonyl (C=O) groups excluding carboxylic acids is 1. The van der Waals surface area contributed by atoms with Gasteiger partial charge in [-0.15, -0.1) is 11.8 Å². The normalized spacial score (nSPS) is 12.9. The van der Waals surface area contributed by atoms with Crippen LogP contribution >= 0.6 is 11.8 Å². The molecule has 0 unspecified atom stereocenters. The summed E-state index contributed by atoms with van der Waals surface area (Å²) >= 11 is 1.54. The van der Waals surface area contributed by atoms with Crippen LogP contribution in [-0.4, -0.2) is 41.3 Å². The van der Waals surface area contributed by atoms with Crippen molar-refractivity contribution in [3.63, 3.8) is 0 Å². The van der Waals surface area contributed by atoms with Gasteiger partial charge in [0.05, 0.1) is 5.75 Å². The zero-order chi connectivity index (χ0) is 18.4. The molecule has 1 amide bonds. The van der Waals surface area contributed by atoms with E-state index in [1.54, 1.807) is 24.2 Å². The Kier molecular flexibility index (Phi) is 6.39. The summed E-state index contributed by atoms with van der Waals surface area (Å²) in [6, 6.07) is 9.75. The first kappa shape index (κ1) is 18.6. The van der Waals surface area contributed by atoms with Crippen LogP contribution in [0.5, 0.6) is 11.5 Å². The topological polar surface area (TPSA) is 51.7 Å². The fraction of sp³-hybridized carbons (Fsp3) is 0.400. The summed E-state index contributed by atoms with van der Waals surface area (Å²) in [5.41, 5.74) is 1.05. The minimum absolute atomic E-state index is 0.135. The maximum atomic E-state index is 12.8. The van der Waals surface area contributed by atoms with Crippen molar-refractivity contribution in [2.24, 2.45) is 5.92 Å². The Bertz CT molecular complexity index is 737. The quantitative estimate of drug-likeness (QED) is 0.695. The van der Waals surface area contributed by atoms with Gasteiger partial charge in [0, 0.05) is 30.4 Å². The van der Waals surface area contributed by atoms with Crippen LogP contribution in [0.15, 0.2) is 47.6 Å². The molecule has 1 aromatic carbocycles. The monoisotopic (exact) mass is 372 g/mol. The van der Waals surface area contributed by atoms with Gasteiger partial charge in [0.2, 0.25) is 5.91 Å². The SMILES string of the molecule is CC(C)CN(Cc1ccc2c(c1)OCCO2)C(=O)CSc1ccncc1. The Hall–Kier alpha value is -2.21. The maximum absolute atomic E-state index is 12.8. The van der Waals surface area contributed by atoms with E-state index in [0.717, 1.165) is 28.5 Å². The van der Waals surface area contributed by atoms with E-state index in [1.807, 2.05) is 35.2 Å². The number of nitrogens with zero attached hydrogens (tertiary/aromatic N) is 2. The molecule has 1 aliphatic heterocycles. The molecule has 1 aromatic heterocycles. The van der Waals surface area contributed by atoms with Crippen molar-refractivity contribution in [1.29, 1.82) is 0 Å². The second kappa shape index (κ2) is 8.94. The lowest BCUT2D eigenvalue weighted by atomic mass is 10.1. The van der Waals surface area contributed by atoms with Gasteiger partial charge in [-0.05, 0) is 35.7 Å². The minimum atomic E-state index is 0.135. The third kappa shape index (κ3) is 5.14. The van der Waals surface area contributed by atoms with E-state index < -0.39 is 0 Å². The number of ether oxygens (including phenoxy) is 2. The highest BCUT2D eigenvalue weighted by atomic mass is 32.2. The molecule has 0 spiro atoms. The number of aromatic nitrogens is 1. The fourth-order valence-electron chi connectivity index (χ4n) is 2.77. The number of fused-ring (bicyclic) bond motifs is 1. The standard InChI is InChI=1S/C20H24N2O3S/c1-15(2)12-22(20(23)14-26-17-5-7-21-8-6-17)13-16-3-4-18-19(11-16)25-10-9-24-18/h3-8,11,15H,9-10,12-14H2,1-2H3. The highest BCUT2D eigenvalue weighted by Gasteiger charge is 2.18. The summed E-state index contributed by atoms with van der Waals surface area (Å²) in [5.74, 6) is 2.49. The van der Waals surface area contributed by atoms with Crippen molar-refractivity contribution in [2.75, 3.05) is 25.5 Å². The fourth-order valence-corrected chi connectivity index (χ4v) is 3.56. The number of carbonyl (C=O) groups is 1. The first-order valence-electron chi connectivity index (χ1n) is 8.81. The molecule has 1 aliphatic rings. The summed E-state index contributed by atoms with van der Waals surface area (Å²) in [4.78, 5) is 19.8. The third-order valence-electron chi connectivity index (χ3n) is 3.93. The van der Waals surface area contributed by atoms with E-state index in [0.29, 0.717) is 31.4 Å². The van der Waals surface area contributed by atoms with Gasteiger partial charge in [-0.3, -0.25) is 9.78 Å². The molecule has 0 fully saturated rings. The molecule has 2 heterocycles. The van der Waals surface area contributed by atoms with E-state index in [9.17, 15) is 4.79 Å². The van der Waals surface area contributed by atoms with Gasteiger partial charge in [0.1, 0.15) is 13.2 Å². The van der Waals surface area contributed by atoms with E-state index in [1.165, 1.54) is 0 Å². The highest BCUT2D eigenvalue weighted by molar-refractivity contribution is 8.00. The van der Waals surface area contributed by atoms with Gasteiger partial charge in [0.25, 0.3) is 0 Å². The van der Waals surface area contributed by atoms with Gasteiger partial charge >= 0.3 is 0 Å². The summed E-state index contributed by atoms with van der Waals surface area (Å²) in [5, 5.41) is 0. The summed E-state index contributed by atoms with van der Waals surface area (Å²) in [6.07, 6.45) is 3.49. The Balaban J connectivity index is 1.66. The molecular weight excluding hydrogens is 348 g/mol. The first-order chi connectivity index (χ1) is 12.6. The lowest BCUT2D eigenvalue weighted by Gasteiger charge is -2.26. The van der Waals surface area contributed by atoms with Crippen LogP contribution in [0.3, 0.4) is 0 Å². The zero-order valence-corrected chi connectivity index (χ0v) is 16.0. The molecule has 0 saturated carbocycles. The predicted octanol–water partition coefficient (Wildman–Crippen LogP) is 3.63. The molecule has 5 nitrogen and oxygen atoms in total. The lowest BCUT2D eigenvalue weighted by molar-refractivity contribution is -0.129. The predicted molar refractivity (Wildman–Crippen MR) is 103 cm³/mol. The largest absolute Gasteiger partial charge is 0.486 e. The molecule has 0 aliphatic carbocycles. The van der Waals surface area contributed by atoms with Gasteiger partial charge in [-0.1, -0.05) is 19.9 Å². The van der Waals surface area contributed by atoms with Crippen LogP contribution in [0.1, 0.15) is 19.4 Å². The molecule has 2 aromatic rings. The van der Waals surface area contributed by atoms with E-state index in [2.05, 4.69) is 18.8 Å². The van der Waals surface area contributed by atoms with Crippen molar-refractivity contribution in [1.82, 2.24) is 9.88 Å². The van der Waals surface area contributed by atoms with Crippen LogP contribution in [0, 0.1) is 5.92 Å². The van der Waals surface area contributed by atoms with Crippen molar-refractivity contribution in [3.8, 4) is 11.5 Å². The number of hydrogen-bond donors (Lipinski definition) is 0. The molecule has 0 saturated heterocycles. The number of pyridine rings is 1. The molecule has 26 heavy (non-hydrogen) atoms. The minimum Gasteiger partial charge on any atom is -0.486 e. The number of benzene rings is 1. The van der Waals surface area contributed by atoms with E-state index in [-0.39, 0.29) is 5.91 Å². The second-order valence-corrected chi connectivity index (χ2v) is 7.67. The van der Waals surface area contributed by atoms with Crippen molar-refractivity contribution >= 4 is 17.7 Å². The second-order valence-electron chi connectivity index (χ2n) is 6.62. The molecule has 0 bridgehead atoms. The van der Waals surface area contributed by atoms with Crippen LogP contribution in [-0.2, 0) is 11.3 Å². The average molecular weight is 372 g/mol. The Morgan fingerprint density at radius 3 is 2.62 bits per heavy atom. The van der Waals surface area contributed by atoms with Gasteiger partial charge in [-0.2, -0.15) is 0 Å². The summed E-state index contributed by atoms with van der Waals surface area (Å²) in [6.45, 7) is 6.69. The van der Waals surface area contributed by atoms with Crippen molar-refractivity contribution < 1.29 is 14.3 Å². The van der Waals surface area contributed by atoms with E-state index in [4.69, 9.17) is 9.47 Å². The number of hydrogen-bond acceptors (Lipinski definition) is 5. The molecule has 0 N–H and O–H groups in total. The summed E-state index contributed by atoms with van der Waals surface area (Å²) in [7, 11) is 0. The average Bonchev–Trinajstić information content (AvgIpc) is 2.66. The van der Waals surface area contributed by atoms with Crippen molar-refractivity contribution in [2.45, 2.75) is 25.3 Å². The zero-order valence-electron chi connectivity index (χ0n) is 15.2. The van der Waals surface area contributed by atoms with Crippen molar-refractivity contribution in [3.05, 3.63) is 48.3 Å². The van der Waals surface area contributed by atoms with E-state index >= 15 is 0 Å². The first-order valence-corrected chi connectivity index (χ1v) is 9.79. The highest BCUT2D eigenvalue weighted by Crippen LogP contribution is 2.31. The number of rotatable bonds is 7. The Labute approximate surface area is 158 Å². The molecule has 0 radical (unpaired) electrons. The van der Waals surface area contributed by atoms with Crippen LogP contribution < -0.4 is 9.47 Å². The number of thioether (sulfide) groups is 1. The molecule has 0 atom stereocenters. The lowest BCUT2D eigenvalue weighted by Crippen LogP contribution is -2.35. The van der Waals surface area contributed by atoms with Crippen LogP contribution in [0.4, 0.5) is 0 Å². The Morgan fingerprint density at radius 1 is 1.15 bits per heavy atom. The Morgan fingerprint density at radius 2 is 1.88 bits per heavy atom. The maximum Gasteiger partial charge on any atom is 0.233 e. The van der Waals surface area contributed by atoms with Gasteiger partial charge < -0.3 is 14.4 Å². The number of amides is 1. The van der Waals surface area contributed by atoms with Gasteiger partial charge in [-0.25, -0.2) is 0 Å². The summed E-state index contributed by atoms with van der Waals surface area (Å²) < 4.78 is 11.2. The van der Waals surface area contributed by atoms with Gasteiger partial charge in [0.15, 0.2) is 11.5 Å². The van der Waals surface area contributed by atoms with Crippen LogP contribution in [0.25, 0.3) is 0 Å². The third-order valence-corrected chi connectivity index (χ3v) is 4.93. The smallest absolute Gasteiger partial charge is 0.233 e. The molecule has 3 rings (SSSR count). The van der Waals surface area contributed by atoms with Crippen LogP contribution in [0.2, 0.25) is 0 Å². The molecule has 138 valence electrons. The molecule has 6 heteroatoms. The molecular formula is C20H24N2O3S.